The van der Waals surface area contributed by atoms with Gasteiger partial charge in [-0.05, 0) is 56.0 Å². The molecule has 0 aliphatic rings. The largest absolute Gasteiger partial charge is 0.398 e. The van der Waals surface area contributed by atoms with Crippen LogP contribution >= 0.6 is 0 Å². The Morgan fingerprint density at radius 3 is 2.58 bits per heavy atom. The van der Waals surface area contributed by atoms with Crippen LogP contribution in [-0.2, 0) is 17.5 Å². The third-order valence-electron chi connectivity index (χ3n) is 4.80. The second-order valence-corrected chi connectivity index (χ2v) is 8.15. The first kappa shape index (κ1) is 18.7. The molecule has 0 amide bonds. The van der Waals surface area contributed by atoms with Gasteiger partial charge in [0.05, 0.1) is 4.90 Å². The fourth-order valence-electron chi connectivity index (χ4n) is 3.52. The van der Waals surface area contributed by atoms with E-state index >= 15 is 0 Å². The number of nitrogens with two attached hydrogens (primary N) is 1. The van der Waals surface area contributed by atoms with E-state index in [1.807, 2.05) is 26.0 Å². The Morgan fingerprint density at radius 2 is 1.88 bits per heavy atom. The average Bonchev–Trinajstić information content (AvgIpc) is 2.89. The van der Waals surface area contributed by atoms with Crippen molar-refractivity contribution >= 4 is 27.6 Å². The van der Waals surface area contributed by atoms with Crippen LogP contribution in [0.5, 0.6) is 0 Å². The summed E-state index contributed by atoms with van der Waals surface area (Å²) in [6.07, 6.45) is 3.05. The lowest BCUT2D eigenvalue weighted by Crippen LogP contribution is -2.34. The number of benzene rings is 2. The first-order chi connectivity index (χ1) is 12.4. The summed E-state index contributed by atoms with van der Waals surface area (Å²) in [4.78, 5) is 0.697. The fraction of sp³-hybridized carbons (Fsp3) is 0.333. The quantitative estimate of drug-likeness (QED) is 0.639. The van der Waals surface area contributed by atoms with Crippen LogP contribution in [0.2, 0.25) is 0 Å². The number of nitrogens with zero attached hydrogens (tertiary/aromatic N) is 1. The molecule has 2 aromatic carbocycles. The Labute approximate surface area is 158 Å². The Bertz CT molecular complexity index is 938. The zero-order valence-corrected chi connectivity index (χ0v) is 16.7. The van der Waals surface area contributed by atoms with Gasteiger partial charge in [-0.3, -0.25) is 0 Å². The van der Waals surface area contributed by atoms with Crippen LogP contribution in [0.1, 0.15) is 30.0 Å². The van der Waals surface area contributed by atoms with Gasteiger partial charge in [0.1, 0.15) is 11.0 Å². The van der Waals surface area contributed by atoms with Crippen molar-refractivity contribution in [1.29, 1.82) is 0 Å². The molecule has 0 aliphatic heterocycles. The van der Waals surface area contributed by atoms with E-state index in [1.54, 1.807) is 0 Å². The van der Waals surface area contributed by atoms with Crippen molar-refractivity contribution in [2.45, 2.75) is 51.6 Å². The minimum atomic E-state index is -1.33. The number of rotatable bonds is 6. The van der Waals surface area contributed by atoms with Gasteiger partial charge in [-0.15, -0.1) is 0 Å². The molecule has 1 aromatic heterocycles. The second kappa shape index (κ2) is 7.64. The van der Waals surface area contributed by atoms with Crippen LogP contribution in [0.4, 0.5) is 5.69 Å². The molecule has 1 heterocycles. The molecule has 0 fully saturated rings. The molecule has 4 nitrogen and oxygen atoms in total. The molecule has 0 saturated carbocycles. The molecule has 0 aliphatic carbocycles. The average molecular weight is 370 g/mol. The molecular formula is C21H27N3OS. The molecule has 5 heteroatoms. The Kier molecular flexibility index (Phi) is 5.49. The van der Waals surface area contributed by atoms with E-state index in [2.05, 4.69) is 53.6 Å². The molecule has 0 saturated heterocycles. The minimum absolute atomic E-state index is 0.0890. The lowest BCUT2D eigenvalue weighted by atomic mass is 10.1. The molecule has 3 aromatic rings. The van der Waals surface area contributed by atoms with E-state index in [0.29, 0.717) is 10.6 Å². The first-order valence-corrected chi connectivity index (χ1v) is 10.1. The van der Waals surface area contributed by atoms with Gasteiger partial charge in [0.25, 0.3) is 0 Å². The van der Waals surface area contributed by atoms with Crippen LogP contribution in [0.25, 0.3) is 10.9 Å². The zero-order chi connectivity index (χ0) is 18.8. The third kappa shape index (κ3) is 3.69. The maximum absolute atomic E-state index is 12.9. The molecule has 0 radical (unpaired) electrons. The van der Waals surface area contributed by atoms with E-state index in [0.717, 1.165) is 24.1 Å². The van der Waals surface area contributed by atoms with Crippen LogP contribution in [-0.4, -0.2) is 14.8 Å². The molecule has 138 valence electrons. The molecule has 0 spiro atoms. The van der Waals surface area contributed by atoms with Crippen molar-refractivity contribution in [3.8, 4) is 0 Å². The Balaban J connectivity index is 1.83. The number of aromatic nitrogens is 1. The molecule has 2 atom stereocenters. The van der Waals surface area contributed by atoms with Gasteiger partial charge in [0, 0.05) is 35.4 Å². The van der Waals surface area contributed by atoms with Crippen molar-refractivity contribution in [1.82, 2.24) is 9.29 Å². The van der Waals surface area contributed by atoms with Crippen molar-refractivity contribution < 1.29 is 4.21 Å². The zero-order valence-electron chi connectivity index (χ0n) is 15.9. The number of aryl methyl sites for hydroxylation is 3. The topological polar surface area (TPSA) is 60.0 Å². The molecular weight excluding hydrogens is 342 g/mol. The van der Waals surface area contributed by atoms with Crippen LogP contribution in [0.3, 0.4) is 0 Å². The summed E-state index contributed by atoms with van der Waals surface area (Å²) in [5.41, 5.74) is 11.2. The van der Waals surface area contributed by atoms with Crippen molar-refractivity contribution in [3.05, 3.63) is 59.3 Å². The molecule has 3 rings (SSSR count). The molecule has 26 heavy (non-hydrogen) atoms. The summed E-state index contributed by atoms with van der Waals surface area (Å²) in [7, 11) is -1.33. The number of para-hydroxylation sites is 1. The number of anilines is 1. The minimum Gasteiger partial charge on any atom is -0.398 e. The van der Waals surface area contributed by atoms with Crippen molar-refractivity contribution in [2.24, 2.45) is 0 Å². The number of fused-ring (bicyclic) bond motifs is 1. The van der Waals surface area contributed by atoms with Crippen molar-refractivity contribution in [2.75, 3.05) is 5.73 Å². The van der Waals surface area contributed by atoms with Crippen LogP contribution in [0.15, 0.2) is 47.5 Å². The van der Waals surface area contributed by atoms with Crippen LogP contribution < -0.4 is 10.5 Å². The SMILES string of the molecule is CCC(Cn1cc(C)c2ccccc21)NS(=O)c1c(C)cc(C)cc1N. The van der Waals surface area contributed by atoms with Gasteiger partial charge in [-0.25, -0.2) is 8.93 Å². The summed E-state index contributed by atoms with van der Waals surface area (Å²) >= 11 is 0. The maximum Gasteiger partial charge on any atom is 0.127 e. The highest BCUT2D eigenvalue weighted by Crippen LogP contribution is 2.24. The second-order valence-electron chi connectivity index (χ2n) is 6.97. The highest BCUT2D eigenvalue weighted by Gasteiger charge is 2.17. The molecule has 2 unspecified atom stereocenters. The van der Waals surface area contributed by atoms with Gasteiger partial charge in [-0.2, -0.15) is 0 Å². The highest BCUT2D eigenvalue weighted by molar-refractivity contribution is 7.83. The van der Waals surface area contributed by atoms with E-state index < -0.39 is 11.0 Å². The summed E-state index contributed by atoms with van der Waals surface area (Å²) in [5, 5.41) is 1.27. The number of hydrogen-bond acceptors (Lipinski definition) is 2. The fourth-order valence-corrected chi connectivity index (χ4v) is 4.81. The lowest BCUT2D eigenvalue weighted by molar-refractivity contribution is 0.511. The summed E-state index contributed by atoms with van der Waals surface area (Å²) in [5.74, 6) is 0. The predicted octanol–water partition coefficient (Wildman–Crippen LogP) is 4.24. The smallest absolute Gasteiger partial charge is 0.127 e. The molecule has 0 bridgehead atoms. The van der Waals surface area contributed by atoms with Gasteiger partial charge in [0.2, 0.25) is 0 Å². The standard InChI is InChI=1S/C21H27N3OS/c1-5-17(13-24-12-16(4)18-8-6-7-9-20(18)24)23-26(25)21-15(3)10-14(2)11-19(21)22/h6-12,17,23H,5,13,22H2,1-4H3. The lowest BCUT2D eigenvalue weighted by Gasteiger charge is -2.19. The third-order valence-corrected chi connectivity index (χ3v) is 6.28. The molecule has 3 N–H and O–H groups in total. The Hall–Kier alpha value is -2.11. The normalized spacial score (nSPS) is 13.8. The Morgan fingerprint density at radius 1 is 1.15 bits per heavy atom. The first-order valence-electron chi connectivity index (χ1n) is 8.99. The van der Waals surface area contributed by atoms with Crippen LogP contribution in [0, 0.1) is 20.8 Å². The number of nitrogen functional groups attached to an aromatic ring is 1. The summed E-state index contributed by atoms with van der Waals surface area (Å²) in [6, 6.07) is 12.4. The number of nitrogens with one attached hydrogen (secondary N) is 1. The maximum atomic E-state index is 12.9. The summed E-state index contributed by atoms with van der Waals surface area (Å²) < 4.78 is 18.5. The van der Waals surface area contributed by atoms with E-state index in [1.165, 1.54) is 16.5 Å². The van der Waals surface area contributed by atoms with Gasteiger partial charge in [0.15, 0.2) is 0 Å². The monoisotopic (exact) mass is 369 g/mol. The van der Waals surface area contributed by atoms with E-state index in [9.17, 15) is 4.21 Å². The number of hydrogen-bond donors (Lipinski definition) is 2. The predicted molar refractivity (Wildman–Crippen MR) is 111 cm³/mol. The van der Waals surface area contributed by atoms with Crippen molar-refractivity contribution in [3.63, 3.8) is 0 Å². The summed E-state index contributed by atoms with van der Waals surface area (Å²) in [6.45, 7) is 8.96. The highest BCUT2D eigenvalue weighted by atomic mass is 32.2. The van der Waals surface area contributed by atoms with Gasteiger partial charge in [-0.1, -0.05) is 31.2 Å². The van der Waals surface area contributed by atoms with Gasteiger partial charge >= 0.3 is 0 Å². The van der Waals surface area contributed by atoms with E-state index in [4.69, 9.17) is 5.73 Å². The van der Waals surface area contributed by atoms with E-state index in [-0.39, 0.29) is 6.04 Å². The van der Waals surface area contributed by atoms with Gasteiger partial charge < -0.3 is 10.3 Å².